The average Bonchev–Trinajstić information content (AvgIpc) is 3.09. The van der Waals surface area contributed by atoms with Crippen LogP contribution < -0.4 is 11.3 Å². The molecule has 3 heterocycles. The highest BCUT2D eigenvalue weighted by Gasteiger charge is 2.45. The van der Waals surface area contributed by atoms with Gasteiger partial charge < -0.3 is 25.4 Å². The number of imidazole rings is 1. The molecular formula is C14H19N5O6. The molecule has 0 saturated carbocycles. The molecule has 0 unspecified atom stereocenters. The van der Waals surface area contributed by atoms with Crippen LogP contribution in [0.5, 0.6) is 0 Å². The van der Waals surface area contributed by atoms with Gasteiger partial charge in [0.1, 0.15) is 24.9 Å². The van der Waals surface area contributed by atoms with E-state index in [1.54, 1.807) is 0 Å². The van der Waals surface area contributed by atoms with Gasteiger partial charge in [0.2, 0.25) is 5.95 Å². The molecule has 11 nitrogen and oxygen atoms in total. The maximum Gasteiger partial charge on any atom is 0.305 e. The van der Waals surface area contributed by atoms with Crippen LogP contribution in [0.25, 0.3) is 11.2 Å². The SMILES string of the molecule is CCCC(=O)OC[C@H]1O[C@@H](n2cnc3c(=O)[nH]c(N)nc32)[C@H](O)[C@@H]1O. The summed E-state index contributed by atoms with van der Waals surface area (Å²) in [6, 6.07) is 0. The van der Waals surface area contributed by atoms with Crippen LogP contribution in [-0.2, 0) is 14.3 Å². The summed E-state index contributed by atoms with van der Waals surface area (Å²) < 4.78 is 11.9. The topological polar surface area (TPSA) is 166 Å². The second-order valence-electron chi connectivity index (χ2n) is 5.75. The molecule has 0 spiro atoms. The molecule has 136 valence electrons. The minimum atomic E-state index is -1.32. The molecule has 0 aliphatic carbocycles. The van der Waals surface area contributed by atoms with Gasteiger partial charge in [-0.2, -0.15) is 4.98 Å². The van der Waals surface area contributed by atoms with Crippen molar-refractivity contribution >= 4 is 23.1 Å². The number of esters is 1. The minimum absolute atomic E-state index is 0.0253. The van der Waals surface area contributed by atoms with Gasteiger partial charge in [0, 0.05) is 6.42 Å². The number of aromatic nitrogens is 4. The van der Waals surface area contributed by atoms with E-state index in [0.29, 0.717) is 6.42 Å². The van der Waals surface area contributed by atoms with E-state index in [1.165, 1.54) is 10.9 Å². The molecule has 5 N–H and O–H groups in total. The summed E-state index contributed by atoms with van der Waals surface area (Å²) in [4.78, 5) is 33.5. The van der Waals surface area contributed by atoms with Crippen molar-refractivity contribution in [1.82, 2.24) is 19.5 Å². The zero-order valence-corrected chi connectivity index (χ0v) is 13.5. The van der Waals surface area contributed by atoms with Gasteiger partial charge in [-0.1, -0.05) is 6.92 Å². The quantitative estimate of drug-likeness (QED) is 0.476. The summed E-state index contributed by atoms with van der Waals surface area (Å²) in [7, 11) is 0. The number of carbonyl (C=O) groups excluding carboxylic acids is 1. The first-order valence-corrected chi connectivity index (χ1v) is 7.82. The van der Waals surface area contributed by atoms with E-state index in [2.05, 4.69) is 15.0 Å². The van der Waals surface area contributed by atoms with Gasteiger partial charge in [-0.15, -0.1) is 0 Å². The van der Waals surface area contributed by atoms with Crippen LogP contribution in [0.2, 0.25) is 0 Å². The second kappa shape index (κ2) is 6.78. The van der Waals surface area contributed by atoms with Crippen molar-refractivity contribution in [3.8, 4) is 0 Å². The van der Waals surface area contributed by atoms with Crippen LogP contribution in [0.4, 0.5) is 5.95 Å². The maximum absolute atomic E-state index is 11.8. The summed E-state index contributed by atoms with van der Waals surface area (Å²) in [5, 5.41) is 20.4. The number of nitrogen functional groups attached to an aromatic ring is 1. The van der Waals surface area contributed by atoms with Crippen molar-refractivity contribution < 1.29 is 24.5 Å². The lowest BCUT2D eigenvalue weighted by Gasteiger charge is -2.16. The fourth-order valence-corrected chi connectivity index (χ4v) is 2.68. The summed E-state index contributed by atoms with van der Waals surface area (Å²) in [5.74, 6) is -0.525. The molecule has 1 aliphatic rings. The molecule has 0 aromatic carbocycles. The van der Waals surface area contributed by atoms with E-state index in [4.69, 9.17) is 15.2 Å². The van der Waals surface area contributed by atoms with Gasteiger partial charge in [0.25, 0.3) is 5.56 Å². The molecule has 1 saturated heterocycles. The summed E-state index contributed by atoms with van der Waals surface area (Å²) in [6.45, 7) is 1.64. The zero-order chi connectivity index (χ0) is 18.1. The second-order valence-corrected chi connectivity index (χ2v) is 5.75. The number of H-pyrrole nitrogens is 1. The number of hydrogen-bond donors (Lipinski definition) is 4. The van der Waals surface area contributed by atoms with Gasteiger partial charge in [-0.05, 0) is 6.42 Å². The number of rotatable bonds is 5. The minimum Gasteiger partial charge on any atom is -0.463 e. The lowest BCUT2D eigenvalue weighted by Crippen LogP contribution is -2.34. The highest BCUT2D eigenvalue weighted by atomic mass is 16.6. The number of ether oxygens (including phenoxy) is 2. The van der Waals surface area contributed by atoms with Crippen LogP contribution in [0, 0.1) is 0 Å². The Hall–Kier alpha value is -2.50. The molecule has 3 rings (SSSR count). The van der Waals surface area contributed by atoms with Gasteiger partial charge >= 0.3 is 5.97 Å². The third-order valence-electron chi connectivity index (χ3n) is 3.92. The first-order valence-electron chi connectivity index (χ1n) is 7.82. The monoisotopic (exact) mass is 353 g/mol. The molecule has 2 aromatic rings. The van der Waals surface area contributed by atoms with Gasteiger partial charge in [-0.3, -0.25) is 19.1 Å². The Morgan fingerprint density at radius 1 is 1.48 bits per heavy atom. The molecule has 1 fully saturated rings. The van der Waals surface area contributed by atoms with Crippen molar-refractivity contribution in [1.29, 1.82) is 0 Å². The molecule has 0 amide bonds. The van der Waals surface area contributed by atoms with E-state index in [1.807, 2.05) is 6.92 Å². The fourth-order valence-electron chi connectivity index (χ4n) is 2.68. The molecular weight excluding hydrogens is 334 g/mol. The number of carbonyl (C=O) groups is 1. The maximum atomic E-state index is 11.8. The third-order valence-corrected chi connectivity index (χ3v) is 3.92. The number of nitrogens with zero attached hydrogens (tertiary/aromatic N) is 3. The highest BCUT2D eigenvalue weighted by Crippen LogP contribution is 2.31. The first kappa shape index (κ1) is 17.3. The van der Waals surface area contributed by atoms with Crippen molar-refractivity contribution in [2.24, 2.45) is 0 Å². The Morgan fingerprint density at radius 3 is 2.96 bits per heavy atom. The Kier molecular flexibility index (Phi) is 4.70. The zero-order valence-electron chi connectivity index (χ0n) is 13.5. The molecule has 1 aliphatic heterocycles. The van der Waals surface area contributed by atoms with E-state index < -0.39 is 36.1 Å². The van der Waals surface area contributed by atoms with E-state index in [-0.39, 0.29) is 30.1 Å². The van der Waals surface area contributed by atoms with Crippen LogP contribution in [-0.4, -0.2) is 60.6 Å². The number of nitrogens with one attached hydrogen (secondary N) is 1. The van der Waals surface area contributed by atoms with Crippen molar-refractivity contribution in [3.63, 3.8) is 0 Å². The number of fused-ring (bicyclic) bond motifs is 1. The van der Waals surface area contributed by atoms with Gasteiger partial charge in [0.15, 0.2) is 17.4 Å². The number of hydrogen-bond acceptors (Lipinski definition) is 9. The van der Waals surface area contributed by atoms with Crippen molar-refractivity contribution in [2.75, 3.05) is 12.3 Å². The molecule has 25 heavy (non-hydrogen) atoms. The Bertz CT molecular complexity index is 833. The highest BCUT2D eigenvalue weighted by molar-refractivity contribution is 5.70. The Labute approximate surface area is 141 Å². The predicted octanol–water partition coefficient (Wildman–Crippen LogP) is -1.34. The summed E-state index contributed by atoms with van der Waals surface area (Å²) >= 11 is 0. The number of aliphatic hydroxyl groups is 2. The molecule has 2 aromatic heterocycles. The standard InChI is InChI=1S/C14H19N5O6/c1-2-3-7(20)24-4-6-9(21)10(22)13(25-6)19-5-16-8-11(19)17-14(15)18-12(8)23/h5-6,9-10,13,21-22H,2-4H2,1H3,(H3,15,17,18,23)/t6-,9-,10-,13-/m1/s1. The predicted molar refractivity (Wildman–Crippen MR) is 84.4 cm³/mol. The molecule has 4 atom stereocenters. The Morgan fingerprint density at radius 2 is 2.24 bits per heavy atom. The Balaban J connectivity index is 1.82. The smallest absolute Gasteiger partial charge is 0.305 e. The largest absolute Gasteiger partial charge is 0.463 e. The first-order chi connectivity index (χ1) is 11.9. The van der Waals surface area contributed by atoms with Crippen LogP contribution in [0.1, 0.15) is 26.0 Å². The lowest BCUT2D eigenvalue weighted by molar-refractivity contribution is -0.150. The molecule has 0 bridgehead atoms. The normalized spacial score (nSPS) is 26.2. The van der Waals surface area contributed by atoms with Crippen LogP contribution >= 0.6 is 0 Å². The summed E-state index contributed by atoms with van der Waals surface area (Å²) in [5.41, 5.74) is 5.14. The van der Waals surface area contributed by atoms with E-state index >= 15 is 0 Å². The number of aliphatic hydroxyl groups excluding tert-OH is 2. The molecule has 11 heteroatoms. The van der Waals surface area contributed by atoms with Crippen LogP contribution in [0.15, 0.2) is 11.1 Å². The van der Waals surface area contributed by atoms with Gasteiger partial charge in [0.05, 0.1) is 6.33 Å². The number of nitrogens with two attached hydrogens (primary N) is 1. The van der Waals surface area contributed by atoms with E-state index in [9.17, 15) is 19.8 Å². The lowest BCUT2D eigenvalue weighted by atomic mass is 10.1. The summed E-state index contributed by atoms with van der Waals surface area (Å²) in [6.07, 6.45) is -2.42. The average molecular weight is 353 g/mol. The van der Waals surface area contributed by atoms with Gasteiger partial charge in [-0.25, -0.2) is 4.98 Å². The fraction of sp³-hybridized carbons (Fsp3) is 0.571. The third kappa shape index (κ3) is 3.21. The number of aromatic amines is 1. The number of anilines is 1. The van der Waals surface area contributed by atoms with Crippen LogP contribution in [0.3, 0.4) is 0 Å². The molecule has 0 radical (unpaired) electrons. The van der Waals surface area contributed by atoms with Crippen molar-refractivity contribution in [3.05, 3.63) is 16.7 Å². The van der Waals surface area contributed by atoms with E-state index in [0.717, 1.165) is 0 Å². The van der Waals surface area contributed by atoms with Crippen molar-refractivity contribution in [2.45, 2.75) is 44.3 Å².